The van der Waals surface area contributed by atoms with Crippen molar-refractivity contribution < 1.29 is 18.8 Å². The van der Waals surface area contributed by atoms with Gasteiger partial charge >= 0.3 is 5.97 Å². The van der Waals surface area contributed by atoms with Crippen molar-refractivity contribution in [1.29, 1.82) is 0 Å². The zero-order valence-corrected chi connectivity index (χ0v) is 26.7. The van der Waals surface area contributed by atoms with Crippen molar-refractivity contribution in [3.63, 3.8) is 0 Å². The molecule has 6 heteroatoms. The van der Waals surface area contributed by atoms with Gasteiger partial charge in [0.25, 0.3) is 0 Å². The van der Waals surface area contributed by atoms with Gasteiger partial charge in [0.15, 0.2) is 0 Å². The topological polar surface area (TPSA) is 81.4 Å². The highest BCUT2D eigenvalue weighted by Crippen LogP contribution is 2.75. The summed E-state index contributed by atoms with van der Waals surface area (Å²) in [6.07, 6.45) is 13.0. The van der Waals surface area contributed by atoms with Crippen LogP contribution >= 0.6 is 0 Å². The largest absolute Gasteiger partial charge is 0.465 e. The Labute approximate surface area is 246 Å². The molecule has 3 saturated carbocycles. The fourth-order valence-corrected chi connectivity index (χ4v) is 11.7. The minimum absolute atomic E-state index is 0.0306. The summed E-state index contributed by atoms with van der Waals surface area (Å²) in [6.45, 7) is 19.3. The van der Waals surface area contributed by atoms with Crippen LogP contribution in [0, 0.1) is 51.2 Å². The fourth-order valence-electron chi connectivity index (χ4n) is 11.7. The SMILES string of the molecule is CCOC(=O)CNC(=O)[C@]12CC[C@@H](C)[C@H](C)[C@H]1C1=CC[C@@H]3[C@@]4(C)Cc5cnoc5C(C)(C)[C@@H]4CC[C@@]3(C)[C@]1(C)CC2. The molecule has 0 aliphatic heterocycles. The van der Waals surface area contributed by atoms with E-state index in [1.54, 1.807) is 12.5 Å². The molecule has 5 aliphatic rings. The van der Waals surface area contributed by atoms with E-state index in [4.69, 9.17) is 9.26 Å². The number of rotatable bonds is 4. The number of ether oxygens (including phenoxy) is 1. The van der Waals surface area contributed by atoms with Gasteiger partial charge in [0.2, 0.25) is 5.91 Å². The molecular formula is C35H52N2O4. The molecular weight excluding hydrogens is 512 g/mol. The van der Waals surface area contributed by atoms with E-state index in [2.05, 4.69) is 65.0 Å². The van der Waals surface area contributed by atoms with Crippen LogP contribution in [-0.2, 0) is 26.2 Å². The molecule has 0 bridgehead atoms. The third kappa shape index (κ3) is 3.76. The lowest BCUT2D eigenvalue weighted by Gasteiger charge is -2.70. The summed E-state index contributed by atoms with van der Waals surface area (Å²) in [5, 5.41) is 7.30. The average Bonchev–Trinajstić information content (AvgIpc) is 3.39. The normalized spacial score (nSPS) is 44.2. The average molecular weight is 565 g/mol. The van der Waals surface area contributed by atoms with Gasteiger partial charge < -0.3 is 14.6 Å². The minimum Gasteiger partial charge on any atom is -0.465 e. The quantitative estimate of drug-likeness (QED) is 0.314. The molecule has 41 heavy (non-hydrogen) atoms. The Hall–Kier alpha value is -2.11. The van der Waals surface area contributed by atoms with Crippen LogP contribution in [0.2, 0.25) is 0 Å². The molecule has 0 saturated heterocycles. The van der Waals surface area contributed by atoms with Crippen molar-refractivity contribution >= 4 is 11.9 Å². The smallest absolute Gasteiger partial charge is 0.325 e. The van der Waals surface area contributed by atoms with Crippen molar-refractivity contribution in [3.05, 3.63) is 29.2 Å². The zero-order valence-electron chi connectivity index (χ0n) is 26.7. The maximum Gasteiger partial charge on any atom is 0.325 e. The molecule has 0 unspecified atom stereocenters. The number of esters is 1. The maximum absolute atomic E-state index is 14.1. The fraction of sp³-hybridized carbons (Fsp3) is 0.800. The van der Waals surface area contributed by atoms with Gasteiger partial charge in [-0.2, -0.15) is 0 Å². The Kier molecular flexibility index (Phi) is 6.68. The second-order valence-electron chi connectivity index (χ2n) is 15.9. The van der Waals surface area contributed by atoms with E-state index < -0.39 is 5.41 Å². The number of carbonyl (C=O) groups is 2. The summed E-state index contributed by atoms with van der Waals surface area (Å²) in [4.78, 5) is 26.3. The third-order valence-corrected chi connectivity index (χ3v) is 14.1. The summed E-state index contributed by atoms with van der Waals surface area (Å²) >= 11 is 0. The van der Waals surface area contributed by atoms with E-state index in [9.17, 15) is 9.59 Å². The van der Waals surface area contributed by atoms with Crippen molar-refractivity contribution in [2.45, 2.75) is 112 Å². The number of carbonyl (C=O) groups excluding carboxylic acids is 2. The molecule has 9 atom stereocenters. The zero-order chi connectivity index (χ0) is 29.6. The van der Waals surface area contributed by atoms with Crippen LogP contribution < -0.4 is 5.32 Å². The monoisotopic (exact) mass is 564 g/mol. The highest BCUT2D eigenvalue weighted by atomic mass is 16.5. The Morgan fingerprint density at radius 3 is 2.54 bits per heavy atom. The first-order valence-corrected chi connectivity index (χ1v) is 16.3. The van der Waals surface area contributed by atoms with E-state index in [1.807, 2.05) is 6.20 Å². The molecule has 226 valence electrons. The molecule has 0 aromatic carbocycles. The molecule has 1 aromatic heterocycles. The first-order chi connectivity index (χ1) is 19.3. The molecule has 1 aromatic rings. The summed E-state index contributed by atoms with van der Waals surface area (Å²) in [5.41, 5.74) is 2.74. The van der Waals surface area contributed by atoms with Gasteiger partial charge in [-0.05, 0) is 104 Å². The summed E-state index contributed by atoms with van der Waals surface area (Å²) < 4.78 is 11.0. The first-order valence-electron chi connectivity index (χ1n) is 16.3. The number of hydrogen-bond donors (Lipinski definition) is 1. The Balaban J connectivity index is 1.39. The van der Waals surface area contributed by atoms with E-state index in [0.29, 0.717) is 30.3 Å². The van der Waals surface area contributed by atoms with Crippen LogP contribution in [0.1, 0.15) is 112 Å². The van der Waals surface area contributed by atoms with Crippen LogP contribution in [0.15, 0.2) is 22.4 Å². The molecule has 6 rings (SSSR count). The first kappa shape index (κ1) is 29.0. The molecule has 0 spiro atoms. The number of amides is 1. The van der Waals surface area contributed by atoms with Crippen LogP contribution in [0.3, 0.4) is 0 Å². The van der Waals surface area contributed by atoms with Crippen LogP contribution in [0.4, 0.5) is 0 Å². The van der Waals surface area contributed by atoms with Gasteiger partial charge in [-0.1, -0.05) is 65.3 Å². The summed E-state index contributed by atoms with van der Waals surface area (Å²) in [6, 6.07) is 0. The van der Waals surface area contributed by atoms with Gasteiger partial charge in [-0.25, -0.2) is 0 Å². The maximum atomic E-state index is 14.1. The van der Waals surface area contributed by atoms with Crippen molar-refractivity contribution in [2.75, 3.05) is 13.2 Å². The van der Waals surface area contributed by atoms with Gasteiger partial charge in [0.05, 0.1) is 18.2 Å². The van der Waals surface area contributed by atoms with Gasteiger partial charge in [0, 0.05) is 11.0 Å². The highest BCUT2D eigenvalue weighted by Gasteiger charge is 2.69. The van der Waals surface area contributed by atoms with Crippen molar-refractivity contribution in [1.82, 2.24) is 10.5 Å². The number of aromatic nitrogens is 1. The van der Waals surface area contributed by atoms with E-state index in [0.717, 1.165) is 44.3 Å². The number of nitrogens with one attached hydrogen (secondary N) is 1. The number of hydrogen-bond acceptors (Lipinski definition) is 5. The van der Waals surface area contributed by atoms with Crippen molar-refractivity contribution in [2.24, 2.45) is 51.2 Å². The standard InChI is InChI=1S/C35H52N2O4/c1-9-40-27(38)20-36-30(39)35-15-12-21(2)22(3)28(35)24-10-11-26-32(6)18-23-19-37-41-29(23)31(4,5)25(32)13-14-34(26,8)33(24,7)16-17-35/h10,19,21-22,25-26,28H,9,11-18,20H2,1-8H3,(H,36,39)/t21-,22+,25+,26-,28+,32+,33-,34-,35+/m1/s1. The predicted octanol–water partition coefficient (Wildman–Crippen LogP) is 7.03. The molecule has 6 nitrogen and oxygen atoms in total. The lowest BCUT2D eigenvalue weighted by Crippen LogP contribution is -2.65. The number of fused-ring (bicyclic) bond motifs is 8. The van der Waals surface area contributed by atoms with Gasteiger partial charge in [-0.15, -0.1) is 0 Å². The van der Waals surface area contributed by atoms with Gasteiger partial charge in [-0.3, -0.25) is 9.59 Å². The Morgan fingerprint density at radius 1 is 1.05 bits per heavy atom. The highest BCUT2D eigenvalue weighted by molar-refractivity contribution is 5.87. The van der Waals surface area contributed by atoms with Crippen LogP contribution in [0.5, 0.6) is 0 Å². The molecule has 5 aliphatic carbocycles. The molecule has 1 amide bonds. The molecule has 1 N–H and O–H groups in total. The van der Waals surface area contributed by atoms with Crippen LogP contribution in [-0.4, -0.2) is 30.2 Å². The van der Waals surface area contributed by atoms with Crippen LogP contribution in [0.25, 0.3) is 0 Å². The summed E-state index contributed by atoms with van der Waals surface area (Å²) in [5.74, 6) is 3.13. The third-order valence-electron chi connectivity index (χ3n) is 14.1. The van der Waals surface area contributed by atoms with E-state index in [1.165, 1.54) is 18.4 Å². The predicted molar refractivity (Wildman–Crippen MR) is 159 cm³/mol. The van der Waals surface area contributed by atoms with E-state index >= 15 is 0 Å². The lowest BCUT2D eigenvalue weighted by molar-refractivity contribution is -0.171. The second kappa shape index (κ2) is 9.44. The van der Waals surface area contributed by atoms with Crippen molar-refractivity contribution in [3.8, 4) is 0 Å². The lowest BCUT2D eigenvalue weighted by atomic mass is 9.33. The number of allylic oxidation sites excluding steroid dienone is 2. The van der Waals surface area contributed by atoms with E-state index in [-0.39, 0.29) is 46.0 Å². The Bertz CT molecular complexity index is 1260. The summed E-state index contributed by atoms with van der Waals surface area (Å²) in [7, 11) is 0. The molecule has 1 heterocycles. The minimum atomic E-state index is -0.446. The number of nitrogens with zero attached hydrogens (tertiary/aromatic N) is 1. The molecule has 0 radical (unpaired) electrons. The second-order valence-corrected chi connectivity index (χ2v) is 15.9. The Morgan fingerprint density at radius 2 is 1.80 bits per heavy atom. The molecule has 3 fully saturated rings. The van der Waals surface area contributed by atoms with Gasteiger partial charge in [0.1, 0.15) is 12.3 Å².